The molecule has 2 N–H and O–H groups in total. The first-order valence-corrected chi connectivity index (χ1v) is 11.5. The molecule has 5 rings (SSSR count). The van der Waals surface area contributed by atoms with Crippen LogP contribution in [0.1, 0.15) is 25.7 Å². The Morgan fingerprint density at radius 2 is 1.88 bits per heavy atom. The van der Waals surface area contributed by atoms with Gasteiger partial charge in [-0.1, -0.05) is 0 Å². The molecule has 1 atom stereocenters. The number of likely N-dealkylation sites (tertiary alicyclic amines) is 2. The average molecular weight is 444 g/mol. The molecule has 172 valence electrons. The summed E-state index contributed by atoms with van der Waals surface area (Å²) in [5.41, 5.74) is 1.43. The lowest BCUT2D eigenvalue weighted by Crippen LogP contribution is -2.72. The molecule has 0 bridgehead atoms. The summed E-state index contributed by atoms with van der Waals surface area (Å²) in [5, 5.41) is 5.34. The molecule has 0 aromatic heterocycles. The van der Waals surface area contributed by atoms with E-state index < -0.39 is 6.04 Å². The fourth-order valence-electron chi connectivity index (χ4n) is 5.66. The summed E-state index contributed by atoms with van der Waals surface area (Å²) in [5.74, 6) is -0.254. The molecule has 4 heterocycles. The molecule has 8 nitrogen and oxygen atoms in total. The van der Waals surface area contributed by atoms with E-state index in [1.165, 1.54) is 6.07 Å². The van der Waals surface area contributed by atoms with Gasteiger partial charge in [-0.2, -0.15) is 0 Å². The number of nitrogens with zero attached hydrogens (tertiary/aromatic N) is 3. The van der Waals surface area contributed by atoms with Crippen LogP contribution in [0, 0.1) is 17.2 Å². The monoisotopic (exact) mass is 443 g/mol. The Morgan fingerprint density at radius 3 is 2.53 bits per heavy atom. The van der Waals surface area contributed by atoms with Crippen LogP contribution < -0.4 is 15.5 Å². The van der Waals surface area contributed by atoms with E-state index in [-0.39, 0.29) is 29.5 Å². The first-order chi connectivity index (χ1) is 15.4. The highest BCUT2D eigenvalue weighted by Crippen LogP contribution is 2.43. The van der Waals surface area contributed by atoms with Gasteiger partial charge in [0, 0.05) is 63.3 Å². The lowest BCUT2D eigenvalue weighted by molar-refractivity contribution is -0.133. The van der Waals surface area contributed by atoms with Crippen LogP contribution in [0.2, 0.25) is 0 Å². The number of imide groups is 1. The molecule has 4 aliphatic rings. The number of anilines is 2. The van der Waals surface area contributed by atoms with E-state index in [1.807, 2.05) is 4.90 Å². The SMILES string of the molecule is O=CN1CCC(CN2CC3(C2)CN(c2ccc(NC4CCC(=O)NC4=O)cc2F)C3)CC1. The van der Waals surface area contributed by atoms with Crippen LogP contribution in [-0.4, -0.2) is 79.9 Å². The van der Waals surface area contributed by atoms with Gasteiger partial charge in [-0.25, -0.2) is 4.39 Å². The molecule has 32 heavy (non-hydrogen) atoms. The lowest BCUT2D eigenvalue weighted by atomic mass is 9.72. The van der Waals surface area contributed by atoms with Crippen molar-refractivity contribution in [2.45, 2.75) is 31.7 Å². The van der Waals surface area contributed by atoms with Crippen LogP contribution in [0.4, 0.5) is 15.8 Å². The number of hydrogen-bond donors (Lipinski definition) is 2. The highest BCUT2D eigenvalue weighted by atomic mass is 19.1. The second-order valence-electron chi connectivity index (χ2n) is 9.92. The van der Waals surface area contributed by atoms with E-state index in [4.69, 9.17) is 0 Å². The van der Waals surface area contributed by atoms with Crippen LogP contribution in [0.25, 0.3) is 0 Å². The molecule has 0 saturated carbocycles. The molecular weight excluding hydrogens is 413 g/mol. The van der Waals surface area contributed by atoms with Crippen molar-refractivity contribution in [3.63, 3.8) is 0 Å². The van der Waals surface area contributed by atoms with Crippen molar-refractivity contribution in [2.75, 3.05) is 56.0 Å². The average Bonchev–Trinajstić information content (AvgIpc) is 2.72. The number of nitrogens with one attached hydrogen (secondary N) is 2. The van der Waals surface area contributed by atoms with Gasteiger partial charge in [0.05, 0.1) is 5.69 Å². The Morgan fingerprint density at radius 1 is 1.12 bits per heavy atom. The summed E-state index contributed by atoms with van der Waals surface area (Å²) >= 11 is 0. The molecule has 9 heteroatoms. The predicted molar refractivity (Wildman–Crippen MR) is 118 cm³/mol. The van der Waals surface area contributed by atoms with Crippen LogP contribution in [-0.2, 0) is 14.4 Å². The Labute approximate surface area is 187 Å². The molecular formula is C23H30FN5O3. The maximum absolute atomic E-state index is 14.8. The summed E-state index contributed by atoms with van der Waals surface area (Å²) < 4.78 is 14.8. The van der Waals surface area contributed by atoms with Gasteiger partial charge in [0.25, 0.3) is 0 Å². The number of halogens is 1. The second kappa shape index (κ2) is 8.35. The standard InChI is InChI=1S/C23H30FN5O3/c24-18-9-17(25-19-2-4-21(31)26-22(19)32)1-3-20(18)29-13-23(14-29)11-28(12-23)10-16-5-7-27(15-30)8-6-16/h1,3,9,15-16,19,25H,2,4-8,10-14H2,(H,26,31,32). The fraction of sp³-hybridized carbons (Fsp3) is 0.609. The van der Waals surface area contributed by atoms with Gasteiger partial charge in [0.15, 0.2) is 0 Å². The zero-order valence-corrected chi connectivity index (χ0v) is 18.2. The lowest BCUT2D eigenvalue weighted by Gasteiger charge is -2.61. The first kappa shape index (κ1) is 21.2. The zero-order chi connectivity index (χ0) is 22.3. The first-order valence-electron chi connectivity index (χ1n) is 11.5. The Bertz CT molecular complexity index is 903. The van der Waals surface area contributed by atoms with E-state index >= 15 is 0 Å². The van der Waals surface area contributed by atoms with Crippen molar-refractivity contribution in [1.82, 2.24) is 15.1 Å². The number of benzene rings is 1. The fourth-order valence-corrected chi connectivity index (χ4v) is 5.66. The minimum Gasteiger partial charge on any atom is -0.374 e. The van der Waals surface area contributed by atoms with Crippen molar-refractivity contribution < 1.29 is 18.8 Å². The van der Waals surface area contributed by atoms with Crippen molar-refractivity contribution in [2.24, 2.45) is 11.3 Å². The topological polar surface area (TPSA) is 85.0 Å². The normalized spacial score (nSPS) is 25.8. The summed E-state index contributed by atoms with van der Waals surface area (Å²) in [7, 11) is 0. The maximum atomic E-state index is 14.8. The number of amides is 3. The van der Waals surface area contributed by atoms with Crippen molar-refractivity contribution in [3.05, 3.63) is 24.0 Å². The third-order valence-electron chi connectivity index (χ3n) is 7.35. The van der Waals surface area contributed by atoms with Gasteiger partial charge >= 0.3 is 0 Å². The second-order valence-corrected chi connectivity index (χ2v) is 9.92. The summed E-state index contributed by atoms with van der Waals surface area (Å²) in [6, 6.07) is 4.49. The van der Waals surface area contributed by atoms with Gasteiger partial charge in [0.2, 0.25) is 18.2 Å². The maximum Gasteiger partial charge on any atom is 0.249 e. The quantitative estimate of drug-likeness (QED) is 0.505. The van der Waals surface area contributed by atoms with Crippen molar-refractivity contribution >= 4 is 29.6 Å². The van der Waals surface area contributed by atoms with E-state index in [0.29, 0.717) is 23.7 Å². The molecule has 1 unspecified atom stereocenters. The van der Waals surface area contributed by atoms with Gasteiger partial charge in [-0.15, -0.1) is 0 Å². The van der Waals surface area contributed by atoms with E-state index in [0.717, 1.165) is 65.1 Å². The highest BCUT2D eigenvalue weighted by Gasteiger charge is 2.52. The van der Waals surface area contributed by atoms with E-state index in [1.54, 1.807) is 12.1 Å². The largest absolute Gasteiger partial charge is 0.374 e. The van der Waals surface area contributed by atoms with E-state index in [9.17, 15) is 18.8 Å². The van der Waals surface area contributed by atoms with Crippen LogP contribution >= 0.6 is 0 Å². The molecule has 0 radical (unpaired) electrons. The summed E-state index contributed by atoms with van der Waals surface area (Å²) in [6.45, 7) is 6.70. The van der Waals surface area contributed by atoms with Crippen molar-refractivity contribution in [1.29, 1.82) is 0 Å². The number of carbonyl (C=O) groups excluding carboxylic acids is 3. The van der Waals surface area contributed by atoms with Gasteiger partial charge in [-0.05, 0) is 43.4 Å². The molecule has 4 aliphatic heterocycles. The Balaban J connectivity index is 1.09. The number of rotatable bonds is 6. The van der Waals surface area contributed by atoms with Crippen LogP contribution in [0.3, 0.4) is 0 Å². The van der Waals surface area contributed by atoms with Crippen LogP contribution in [0.15, 0.2) is 18.2 Å². The van der Waals surface area contributed by atoms with Gasteiger partial charge in [0.1, 0.15) is 11.9 Å². The smallest absolute Gasteiger partial charge is 0.249 e. The Kier molecular flexibility index (Phi) is 5.53. The third-order valence-corrected chi connectivity index (χ3v) is 7.35. The zero-order valence-electron chi connectivity index (χ0n) is 18.2. The molecule has 0 aliphatic carbocycles. The van der Waals surface area contributed by atoms with Gasteiger partial charge < -0.3 is 20.0 Å². The summed E-state index contributed by atoms with van der Waals surface area (Å²) in [4.78, 5) is 40.5. The molecule has 3 amide bonds. The third kappa shape index (κ3) is 4.18. The molecule has 1 spiro atoms. The molecule has 4 saturated heterocycles. The van der Waals surface area contributed by atoms with Crippen LogP contribution in [0.5, 0.6) is 0 Å². The number of carbonyl (C=O) groups is 3. The summed E-state index contributed by atoms with van der Waals surface area (Å²) in [6.07, 6.45) is 3.82. The van der Waals surface area contributed by atoms with Gasteiger partial charge in [-0.3, -0.25) is 19.7 Å². The molecule has 4 fully saturated rings. The minimum absolute atomic E-state index is 0.265. The Hall–Kier alpha value is -2.68. The minimum atomic E-state index is -0.517. The number of piperidine rings is 2. The highest BCUT2D eigenvalue weighted by molar-refractivity contribution is 6.01. The van der Waals surface area contributed by atoms with E-state index in [2.05, 4.69) is 20.4 Å². The van der Waals surface area contributed by atoms with Crippen molar-refractivity contribution in [3.8, 4) is 0 Å². The molecule has 1 aromatic carbocycles. The predicted octanol–water partition coefficient (Wildman–Crippen LogP) is 1.03. The number of hydrogen-bond acceptors (Lipinski definition) is 6. The molecule has 1 aromatic rings.